The van der Waals surface area contributed by atoms with Crippen LogP contribution in [-0.2, 0) is 0 Å². The lowest BCUT2D eigenvalue weighted by Gasteiger charge is -2.25. The Morgan fingerprint density at radius 1 is 1.37 bits per heavy atom. The van der Waals surface area contributed by atoms with Crippen molar-refractivity contribution in [2.45, 2.75) is 33.6 Å². The molecule has 0 radical (unpaired) electrons. The fraction of sp³-hybridized carbons (Fsp3) is 0.600. The van der Waals surface area contributed by atoms with Crippen LogP contribution in [0.5, 0.6) is 5.88 Å². The molecule has 0 saturated carbocycles. The molecule has 19 heavy (non-hydrogen) atoms. The number of aromatic nitrogens is 2. The first-order valence-corrected chi connectivity index (χ1v) is 7.06. The number of hydrogen-bond donors (Lipinski definition) is 1. The highest BCUT2D eigenvalue weighted by Gasteiger charge is 2.19. The van der Waals surface area contributed by atoms with Gasteiger partial charge in [-0.15, -0.1) is 0 Å². The first-order valence-electron chi connectivity index (χ1n) is 7.06. The van der Waals surface area contributed by atoms with Crippen molar-refractivity contribution in [1.82, 2.24) is 9.97 Å². The quantitative estimate of drug-likeness (QED) is 0.827. The molecule has 0 aromatic carbocycles. The van der Waals surface area contributed by atoms with Crippen molar-refractivity contribution >= 4 is 5.95 Å². The van der Waals surface area contributed by atoms with Gasteiger partial charge in [-0.2, -0.15) is 4.98 Å². The molecular weight excluding hydrogens is 238 g/mol. The highest BCUT2D eigenvalue weighted by Crippen LogP contribution is 2.26. The molecular formula is C15H23N3O. The Morgan fingerprint density at radius 2 is 2.16 bits per heavy atom. The average molecular weight is 261 g/mol. The van der Waals surface area contributed by atoms with Gasteiger partial charge in [-0.05, 0) is 38.5 Å². The molecule has 1 heterocycles. The van der Waals surface area contributed by atoms with E-state index in [1.807, 2.05) is 20.0 Å². The maximum absolute atomic E-state index is 5.91. The third-order valence-corrected chi connectivity index (χ3v) is 3.61. The van der Waals surface area contributed by atoms with Crippen LogP contribution >= 0.6 is 0 Å². The van der Waals surface area contributed by atoms with Crippen LogP contribution in [0.3, 0.4) is 0 Å². The Labute approximate surface area is 115 Å². The second-order valence-corrected chi connectivity index (χ2v) is 5.20. The molecule has 0 saturated heterocycles. The summed E-state index contributed by atoms with van der Waals surface area (Å²) in [5.74, 6) is 2.61. The van der Waals surface area contributed by atoms with Gasteiger partial charge in [0.15, 0.2) is 0 Å². The third-order valence-electron chi connectivity index (χ3n) is 3.61. The monoisotopic (exact) mass is 261 g/mol. The van der Waals surface area contributed by atoms with Crippen LogP contribution in [0.25, 0.3) is 0 Å². The second-order valence-electron chi connectivity index (χ2n) is 5.20. The summed E-state index contributed by atoms with van der Waals surface area (Å²) in [5.41, 5.74) is 0.987. The highest BCUT2D eigenvalue weighted by molar-refractivity contribution is 5.32. The molecule has 0 fully saturated rings. The Kier molecular flexibility index (Phi) is 4.77. The van der Waals surface area contributed by atoms with Crippen molar-refractivity contribution in [3.8, 4) is 5.88 Å². The normalized spacial score (nSPS) is 22.3. The lowest BCUT2D eigenvalue weighted by atomic mass is 9.85. The molecule has 1 N–H and O–H groups in total. The van der Waals surface area contributed by atoms with Crippen molar-refractivity contribution in [3.05, 3.63) is 23.9 Å². The van der Waals surface area contributed by atoms with E-state index in [9.17, 15) is 0 Å². The van der Waals surface area contributed by atoms with Crippen molar-refractivity contribution in [3.63, 3.8) is 0 Å². The maximum Gasteiger partial charge on any atom is 0.225 e. The fourth-order valence-corrected chi connectivity index (χ4v) is 2.24. The van der Waals surface area contributed by atoms with Gasteiger partial charge in [-0.1, -0.05) is 19.1 Å². The van der Waals surface area contributed by atoms with Gasteiger partial charge in [0.2, 0.25) is 11.8 Å². The number of hydrogen-bond acceptors (Lipinski definition) is 4. The third kappa shape index (κ3) is 3.69. The number of rotatable bonds is 5. The molecule has 2 unspecified atom stereocenters. The standard InChI is InChI=1S/C15H23N3O/c1-4-16-15-17-9-12(3)14(18-15)19-10-13-8-6-5-7-11(13)2/h5-6,9,11,13H,4,7-8,10H2,1-3H3,(H,16,17,18). The van der Waals surface area contributed by atoms with Gasteiger partial charge >= 0.3 is 0 Å². The van der Waals surface area contributed by atoms with Crippen LogP contribution in [0, 0.1) is 18.8 Å². The molecule has 2 atom stereocenters. The van der Waals surface area contributed by atoms with Crippen molar-refractivity contribution < 1.29 is 4.74 Å². The summed E-state index contributed by atoms with van der Waals surface area (Å²) in [5, 5.41) is 3.11. The molecule has 4 heteroatoms. The minimum atomic E-state index is 0.585. The molecule has 0 bridgehead atoms. The van der Waals surface area contributed by atoms with Crippen LogP contribution < -0.4 is 10.1 Å². The molecule has 0 aliphatic heterocycles. The smallest absolute Gasteiger partial charge is 0.225 e. The van der Waals surface area contributed by atoms with Gasteiger partial charge in [-0.25, -0.2) is 4.98 Å². The van der Waals surface area contributed by atoms with E-state index in [1.165, 1.54) is 0 Å². The van der Waals surface area contributed by atoms with E-state index in [0.717, 1.165) is 31.6 Å². The minimum Gasteiger partial charge on any atom is -0.477 e. The Hall–Kier alpha value is -1.58. The predicted octanol–water partition coefficient (Wildman–Crippen LogP) is 3.20. The summed E-state index contributed by atoms with van der Waals surface area (Å²) in [7, 11) is 0. The number of aryl methyl sites for hydroxylation is 1. The van der Waals surface area contributed by atoms with Crippen molar-refractivity contribution in [2.75, 3.05) is 18.5 Å². The highest BCUT2D eigenvalue weighted by atomic mass is 16.5. The van der Waals surface area contributed by atoms with Crippen LogP contribution in [0.4, 0.5) is 5.95 Å². The molecule has 1 aromatic rings. The zero-order valence-electron chi connectivity index (χ0n) is 12.0. The van der Waals surface area contributed by atoms with Crippen LogP contribution in [-0.4, -0.2) is 23.1 Å². The zero-order valence-corrected chi connectivity index (χ0v) is 12.0. The second kappa shape index (κ2) is 6.55. The predicted molar refractivity (Wildman–Crippen MR) is 77.5 cm³/mol. The lowest BCUT2D eigenvalue weighted by Crippen LogP contribution is -2.21. The maximum atomic E-state index is 5.91. The molecule has 2 rings (SSSR count). The number of ether oxygens (including phenoxy) is 1. The van der Waals surface area contributed by atoms with Crippen molar-refractivity contribution in [1.29, 1.82) is 0 Å². The van der Waals surface area contributed by atoms with Gasteiger partial charge in [0, 0.05) is 18.3 Å². The largest absolute Gasteiger partial charge is 0.477 e. The van der Waals surface area contributed by atoms with Gasteiger partial charge in [-0.3, -0.25) is 0 Å². The van der Waals surface area contributed by atoms with Gasteiger partial charge in [0.05, 0.1) is 6.61 Å². The Balaban J connectivity index is 1.98. The first kappa shape index (κ1) is 13.8. The SMILES string of the molecule is CCNc1ncc(C)c(OCC2CC=CCC2C)n1. The van der Waals surface area contributed by atoms with Crippen LogP contribution in [0.1, 0.15) is 32.3 Å². The van der Waals surface area contributed by atoms with Crippen LogP contribution in [0.2, 0.25) is 0 Å². The van der Waals surface area contributed by atoms with Gasteiger partial charge in [0.1, 0.15) is 0 Å². The number of anilines is 1. The van der Waals surface area contributed by atoms with E-state index in [1.54, 1.807) is 0 Å². The molecule has 0 amide bonds. The van der Waals surface area contributed by atoms with Crippen molar-refractivity contribution in [2.24, 2.45) is 11.8 Å². The lowest BCUT2D eigenvalue weighted by molar-refractivity contribution is 0.191. The molecule has 1 aliphatic carbocycles. The van der Waals surface area contributed by atoms with E-state index in [2.05, 4.69) is 34.4 Å². The van der Waals surface area contributed by atoms with E-state index >= 15 is 0 Å². The Bertz CT molecular complexity index is 445. The molecule has 1 aliphatic rings. The van der Waals surface area contributed by atoms with Crippen LogP contribution in [0.15, 0.2) is 18.3 Å². The molecule has 0 spiro atoms. The molecule has 104 valence electrons. The van der Waals surface area contributed by atoms with E-state index in [0.29, 0.717) is 23.7 Å². The Morgan fingerprint density at radius 3 is 2.89 bits per heavy atom. The van der Waals surface area contributed by atoms with Gasteiger partial charge in [0.25, 0.3) is 0 Å². The number of nitrogens with one attached hydrogen (secondary N) is 1. The van der Waals surface area contributed by atoms with E-state index < -0.39 is 0 Å². The number of nitrogens with zero attached hydrogens (tertiary/aromatic N) is 2. The van der Waals surface area contributed by atoms with E-state index in [4.69, 9.17) is 4.74 Å². The summed E-state index contributed by atoms with van der Waals surface area (Å²) in [6.45, 7) is 7.84. The first-order chi connectivity index (χ1) is 9.20. The van der Waals surface area contributed by atoms with E-state index in [-0.39, 0.29) is 0 Å². The topological polar surface area (TPSA) is 47.0 Å². The zero-order chi connectivity index (χ0) is 13.7. The summed E-state index contributed by atoms with van der Waals surface area (Å²) in [6.07, 6.45) is 8.58. The average Bonchev–Trinajstić information content (AvgIpc) is 2.41. The van der Waals surface area contributed by atoms with Gasteiger partial charge < -0.3 is 10.1 Å². The summed E-state index contributed by atoms with van der Waals surface area (Å²) >= 11 is 0. The summed E-state index contributed by atoms with van der Waals surface area (Å²) in [6, 6.07) is 0. The fourth-order valence-electron chi connectivity index (χ4n) is 2.24. The minimum absolute atomic E-state index is 0.585. The molecule has 1 aromatic heterocycles. The number of allylic oxidation sites excluding steroid dienone is 2. The molecule has 4 nitrogen and oxygen atoms in total. The summed E-state index contributed by atoms with van der Waals surface area (Å²) < 4.78 is 5.91. The summed E-state index contributed by atoms with van der Waals surface area (Å²) in [4.78, 5) is 8.63.